The zero-order valence-corrected chi connectivity index (χ0v) is 18.5. The van der Waals surface area contributed by atoms with Crippen molar-refractivity contribution in [3.63, 3.8) is 0 Å². The van der Waals surface area contributed by atoms with Gasteiger partial charge in [0.15, 0.2) is 6.10 Å². The predicted molar refractivity (Wildman–Crippen MR) is 108 cm³/mol. The normalized spacial score (nSPS) is 14.7. The van der Waals surface area contributed by atoms with Gasteiger partial charge in [0, 0.05) is 12.7 Å². The lowest BCUT2D eigenvalue weighted by Gasteiger charge is -2.20. The summed E-state index contributed by atoms with van der Waals surface area (Å²) in [5.41, 5.74) is 0. The van der Waals surface area contributed by atoms with Gasteiger partial charge in [-0.1, -0.05) is 48.7 Å². The maximum Gasteiger partial charge on any atom is 0.347 e. The molecular formula is C19H27Cl3O5. The minimum atomic E-state index is -0.861. The minimum Gasteiger partial charge on any atom is -0.477 e. The van der Waals surface area contributed by atoms with Gasteiger partial charge >= 0.3 is 5.97 Å². The van der Waals surface area contributed by atoms with Crippen LogP contribution in [0.4, 0.5) is 0 Å². The van der Waals surface area contributed by atoms with Crippen LogP contribution in [0, 0.1) is 5.92 Å². The van der Waals surface area contributed by atoms with E-state index in [1.165, 1.54) is 12.1 Å². The lowest BCUT2D eigenvalue weighted by Crippen LogP contribution is -2.30. The first-order valence-electron chi connectivity index (χ1n) is 8.81. The van der Waals surface area contributed by atoms with Gasteiger partial charge in [0.2, 0.25) is 0 Å². The van der Waals surface area contributed by atoms with Crippen LogP contribution in [-0.4, -0.2) is 44.1 Å². The molecule has 0 aliphatic rings. The molecule has 3 unspecified atom stereocenters. The van der Waals surface area contributed by atoms with Crippen molar-refractivity contribution in [2.75, 3.05) is 19.8 Å². The molecule has 0 amide bonds. The first kappa shape index (κ1) is 24.3. The van der Waals surface area contributed by atoms with Crippen molar-refractivity contribution in [2.45, 2.75) is 52.9 Å². The first-order chi connectivity index (χ1) is 12.6. The number of esters is 1. The van der Waals surface area contributed by atoms with Gasteiger partial charge in [0.25, 0.3) is 0 Å². The van der Waals surface area contributed by atoms with Crippen molar-refractivity contribution < 1.29 is 23.7 Å². The van der Waals surface area contributed by atoms with Gasteiger partial charge in [-0.3, -0.25) is 0 Å². The number of halogens is 3. The van der Waals surface area contributed by atoms with Crippen LogP contribution in [0.3, 0.4) is 0 Å². The van der Waals surface area contributed by atoms with Crippen molar-refractivity contribution in [1.29, 1.82) is 0 Å². The van der Waals surface area contributed by atoms with Gasteiger partial charge in [-0.05, 0) is 32.8 Å². The Kier molecular flexibility index (Phi) is 10.8. The highest BCUT2D eigenvalue weighted by atomic mass is 35.5. The highest BCUT2D eigenvalue weighted by Gasteiger charge is 2.20. The van der Waals surface area contributed by atoms with E-state index in [0.717, 1.165) is 0 Å². The van der Waals surface area contributed by atoms with Crippen molar-refractivity contribution in [2.24, 2.45) is 5.92 Å². The van der Waals surface area contributed by atoms with Crippen LogP contribution in [0.25, 0.3) is 0 Å². The van der Waals surface area contributed by atoms with E-state index < -0.39 is 12.1 Å². The lowest BCUT2D eigenvalue weighted by atomic mass is 10.2. The molecule has 8 heteroatoms. The Labute approximate surface area is 176 Å². The summed E-state index contributed by atoms with van der Waals surface area (Å²) < 4.78 is 22.0. The number of benzene rings is 1. The molecule has 0 aromatic heterocycles. The topological polar surface area (TPSA) is 54.0 Å². The summed E-state index contributed by atoms with van der Waals surface area (Å²) in [6.07, 6.45) is -1.15. The SMILES string of the molecule is CC(C)COC(C)COC(C)COC(=O)C(C)Oc1cc(Cl)c(Cl)cc1Cl. The fourth-order valence-corrected chi connectivity index (χ4v) is 2.48. The number of carbonyl (C=O) groups is 1. The molecule has 0 spiro atoms. The van der Waals surface area contributed by atoms with E-state index in [1.807, 2.05) is 13.8 Å². The summed E-state index contributed by atoms with van der Waals surface area (Å²) in [4.78, 5) is 12.1. The zero-order chi connectivity index (χ0) is 20.6. The molecule has 5 nitrogen and oxygen atoms in total. The molecule has 154 valence electrons. The Morgan fingerprint density at radius 1 is 0.852 bits per heavy atom. The maximum atomic E-state index is 12.1. The van der Waals surface area contributed by atoms with E-state index in [0.29, 0.717) is 24.2 Å². The quantitative estimate of drug-likeness (QED) is 0.339. The van der Waals surface area contributed by atoms with Crippen molar-refractivity contribution in [3.8, 4) is 5.75 Å². The highest BCUT2D eigenvalue weighted by Crippen LogP contribution is 2.34. The molecule has 1 aromatic carbocycles. The molecule has 0 fully saturated rings. The van der Waals surface area contributed by atoms with E-state index in [4.69, 9.17) is 53.8 Å². The first-order valence-corrected chi connectivity index (χ1v) is 9.94. The van der Waals surface area contributed by atoms with E-state index in [1.54, 1.807) is 6.92 Å². The summed E-state index contributed by atoms with van der Waals surface area (Å²) in [6, 6.07) is 2.91. The van der Waals surface area contributed by atoms with Crippen LogP contribution in [0.1, 0.15) is 34.6 Å². The van der Waals surface area contributed by atoms with Crippen LogP contribution in [0.5, 0.6) is 5.75 Å². The summed E-state index contributed by atoms with van der Waals surface area (Å²) in [7, 11) is 0. The Bertz CT molecular complexity index is 609. The van der Waals surface area contributed by atoms with Gasteiger partial charge in [-0.15, -0.1) is 0 Å². The zero-order valence-electron chi connectivity index (χ0n) is 16.3. The average Bonchev–Trinajstić information content (AvgIpc) is 2.60. The second-order valence-electron chi connectivity index (χ2n) is 6.77. The molecule has 0 N–H and O–H groups in total. The van der Waals surface area contributed by atoms with Crippen LogP contribution < -0.4 is 4.74 Å². The molecule has 27 heavy (non-hydrogen) atoms. The molecule has 0 radical (unpaired) electrons. The van der Waals surface area contributed by atoms with Gasteiger partial charge < -0.3 is 18.9 Å². The van der Waals surface area contributed by atoms with Crippen LogP contribution in [0.2, 0.25) is 15.1 Å². The minimum absolute atomic E-state index is 0.0235. The third-order valence-corrected chi connectivity index (χ3v) is 4.42. The number of hydrogen-bond acceptors (Lipinski definition) is 5. The molecule has 1 aromatic rings. The standard InChI is InChI=1S/C19H27Cl3O5/c1-11(2)8-24-12(3)9-25-13(4)10-26-19(23)14(5)27-18-7-16(21)15(20)6-17(18)22/h6-7,11-14H,8-10H2,1-5H3. The van der Waals surface area contributed by atoms with Crippen LogP contribution in [0.15, 0.2) is 12.1 Å². The smallest absolute Gasteiger partial charge is 0.347 e. The van der Waals surface area contributed by atoms with E-state index >= 15 is 0 Å². The molecule has 0 aliphatic carbocycles. The van der Waals surface area contributed by atoms with E-state index in [-0.39, 0.29) is 34.6 Å². The second-order valence-corrected chi connectivity index (χ2v) is 7.99. The number of rotatable bonds is 11. The van der Waals surface area contributed by atoms with E-state index in [2.05, 4.69) is 13.8 Å². The third kappa shape index (κ3) is 9.35. The van der Waals surface area contributed by atoms with Crippen molar-refractivity contribution >= 4 is 40.8 Å². The predicted octanol–water partition coefficient (Wildman–Crippen LogP) is 5.42. The second kappa shape index (κ2) is 12.0. The largest absolute Gasteiger partial charge is 0.477 e. The van der Waals surface area contributed by atoms with E-state index in [9.17, 15) is 4.79 Å². The molecular weight excluding hydrogens is 415 g/mol. The highest BCUT2D eigenvalue weighted by molar-refractivity contribution is 6.43. The van der Waals surface area contributed by atoms with Gasteiger partial charge in [-0.2, -0.15) is 0 Å². The molecule has 0 saturated heterocycles. The fourth-order valence-electron chi connectivity index (χ4n) is 1.90. The average molecular weight is 442 g/mol. The summed E-state index contributed by atoms with van der Waals surface area (Å²) >= 11 is 17.8. The monoisotopic (exact) mass is 440 g/mol. The fraction of sp³-hybridized carbons (Fsp3) is 0.632. The van der Waals surface area contributed by atoms with Crippen LogP contribution >= 0.6 is 34.8 Å². The number of carbonyl (C=O) groups excluding carboxylic acids is 1. The third-order valence-electron chi connectivity index (χ3n) is 3.40. The van der Waals surface area contributed by atoms with Crippen molar-refractivity contribution in [3.05, 3.63) is 27.2 Å². The Morgan fingerprint density at radius 2 is 1.41 bits per heavy atom. The molecule has 0 saturated carbocycles. The summed E-state index contributed by atoms with van der Waals surface area (Å²) in [5, 5.41) is 0.852. The Hall–Kier alpha value is -0.720. The lowest BCUT2D eigenvalue weighted by molar-refractivity contribution is -0.155. The van der Waals surface area contributed by atoms with Gasteiger partial charge in [0.05, 0.1) is 33.9 Å². The molecule has 0 heterocycles. The number of ether oxygens (including phenoxy) is 4. The van der Waals surface area contributed by atoms with Gasteiger partial charge in [-0.25, -0.2) is 4.79 Å². The van der Waals surface area contributed by atoms with Crippen LogP contribution in [-0.2, 0) is 19.0 Å². The van der Waals surface area contributed by atoms with Gasteiger partial charge in [0.1, 0.15) is 12.4 Å². The molecule has 0 aliphatic heterocycles. The molecule has 3 atom stereocenters. The summed E-state index contributed by atoms with van der Waals surface area (Å²) in [6.45, 7) is 10.7. The Morgan fingerprint density at radius 3 is 2.04 bits per heavy atom. The number of hydrogen-bond donors (Lipinski definition) is 0. The maximum absolute atomic E-state index is 12.1. The summed E-state index contributed by atoms with van der Waals surface area (Å²) in [5.74, 6) is 0.198. The molecule has 0 bridgehead atoms. The molecule has 1 rings (SSSR count). The van der Waals surface area contributed by atoms with Crippen molar-refractivity contribution in [1.82, 2.24) is 0 Å². The Balaban J connectivity index is 2.37.